The Morgan fingerprint density at radius 2 is 2.20 bits per heavy atom. The summed E-state index contributed by atoms with van der Waals surface area (Å²) in [6, 6.07) is 9.70. The summed E-state index contributed by atoms with van der Waals surface area (Å²) in [6.07, 6.45) is 1.74. The SMILES string of the molecule is Cc1noc([C@@H]2CC[C@H](CNCc3cc4ccccc4[nH]c3=O)O2)n1. The van der Waals surface area contributed by atoms with Crippen LogP contribution in [-0.2, 0) is 11.3 Å². The van der Waals surface area contributed by atoms with Gasteiger partial charge in [-0.2, -0.15) is 4.98 Å². The maximum atomic E-state index is 12.1. The Morgan fingerprint density at radius 1 is 1.32 bits per heavy atom. The zero-order valence-corrected chi connectivity index (χ0v) is 14.0. The van der Waals surface area contributed by atoms with Gasteiger partial charge in [0.2, 0.25) is 0 Å². The molecule has 25 heavy (non-hydrogen) atoms. The van der Waals surface area contributed by atoms with Crippen LogP contribution in [0, 0.1) is 6.92 Å². The molecule has 7 heteroatoms. The molecular weight excluding hydrogens is 320 g/mol. The second-order valence-electron chi connectivity index (χ2n) is 6.35. The molecule has 7 nitrogen and oxygen atoms in total. The second kappa shape index (κ2) is 6.78. The molecule has 1 fully saturated rings. The zero-order chi connectivity index (χ0) is 17.2. The van der Waals surface area contributed by atoms with Crippen molar-refractivity contribution in [3.8, 4) is 0 Å². The van der Waals surface area contributed by atoms with Crippen molar-refractivity contribution in [2.24, 2.45) is 0 Å². The first kappa shape index (κ1) is 16.0. The molecule has 3 aromatic rings. The maximum absolute atomic E-state index is 12.1. The zero-order valence-electron chi connectivity index (χ0n) is 14.0. The number of nitrogens with one attached hydrogen (secondary N) is 2. The number of hydrogen-bond acceptors (Lipinski definition) is 6. The highest BCUT2D eigenvalue weighted by molar-refractivity contribution is 5.78. The summed E-state index contributed by atoms with van der Waals surface area (Å²) in [7, 11) is 0. The summed E-state index contributed by atoms with van der Waals surface area (Å²) in [6.45, 7) is 2.97. The van der Waals surface area contributed by atoms with E-state index in [9.17, 15) is 4.79 Å². The summed E-state index contributed by atoms with van der Waals surface area (Å²) in [5.41, 5.74) is 1.52. The van der Waals surface area contributed by atoms with E-state index in [1.807, 2.05) is 30.3 Å². The van der Waals surface area contributed by atoms with Crippen molar-refractivity contribution >= 4 is 10.9 Å². The molecule has 1 aliphatic heterocycles. The van der Waals surface area contributed by atoms with Crippen LogP contribution in [0.5, 0.6) is 0 Å². The molecule has 2 aromatic heterocycles. The van der Waals surface area contributed by atoms with E-state index in [0.29, 0.717) is 24.8 Å². The predicted octanol–water partition coefficient (Wildman–Crippen LogP) is 2.23. The Balaban J connectivity index is 1.34. The van der Waals surface area contributed by atoms with E-state index in [4.69, 9.17) is 9.26 Å². The molecule has 2 N–H and O–H groups in total. The van der Waals surface area contributed by atoms with Crippen molar-refractivity contribution < 1.29 is 9.26 Å². The standard InChI is InChI=1S/C18H20N4O3/c1-11-20-18(25-22-11)16-7-6-14(24-16)10-19-9-13-8-12-4-2-3-5-15(12)21-17(13)23/h2-5,8,14,16,19H,6-7,9-10H2,1H3,(H,21,23)/t14-,16+/m1/s1. The third kappa shape index (κ3) is 3.47. The Bertz CT molecular complexity index is 933. The van der Waals surface area contributed by atoms with Crippen LogP contribution < -0.4 is 10.9 Å². The van der Waals surface area contributed by atoms with Gasteiger partial charge in [-0.3, -0.25) is 4.79 Å². The Hall–Kier alpha value is -2.51. The number of aromatic amines is 1. The summed E-state index contributed by atoms with van der Waals surface area (Å²) < 4.78 is 11.1. The Morgan fingerprint density at radius 3 is 3.04 bits per heavy atom. The molecule has 0 saturated carbocycles. The monoisotopic (exact) mass is 340 g/mol. The fourth-order valence-corrected chi connectivity index (χ4v) is 3.17. The number of fused-ring (bicyclic) bond motifs is 1. The van der Waals surface area contributed by atoms with Crippen LogP contribution in [0.15, 0.2) is 39.6 Å². The van der Waals surface area contributed by atoms with Crippen molar-refractivity contribution in [1.29, 1.82) is 0 Å². The van der Waals surface area contributed by atoms with Crippen molar-refractivity contribution in [2.75, 3.05) is 6.54 Å². The lowest BCUT2D eigenvalue weighted by atomic mass is 10.1. The summed E-state index contributed by atoms with van der Waals surface area (Å²) in [5.74, 6) is 1.17. The Labute approximate surface area is 144 Å². The van der Waals surface area contributed by atoms with Crippen LogP contribution in [-0.4, -0.2) is 27.8 Å². The molecule has 0 unspecified atom stereocenters. The topological polar surface area (TPSA) is 93.0 Å². The third-order valence-corrected chi connectivity index (χ3v) is 4.44. The normalized spacial score (nSPS) is 20.4. The van der Waals surface area contributed by atoms with E-state index < -0.39 is 0 Å². The molecule has 0 amide bonds. The molecule has 130 valence electrons. The number of nitrogens with zero attached hydrogens (tertiary/aromatic N) is 2. The number of ether oxygens (including phenoxy) is 1. The van der Waals surface area contributed by atoms with Gasteiger partial charge >= 0.3 is 0 Å². The van der Waals surface area contributed by atoms with Crippen LogP contribution in [0.1, 0.15) is 36.2 Å². The van der Waals surface area contributed by atoms with Crippen molar-refractivity contribution in [1.82, 2.24) is 20.4 Å². The fourth-order valence-electron chi connectivity index (χ4n) is 3.17. The fraction of sp³-hybridized carbons (Fsp3) is 0.389. The quantitative estimate of drug-likeness (QED) is 0.740. The van der Waals surface area contributed by atoms with Crippen LogP contribution in [0.4, 0.5) is 0 Å². The third-order valence-electron chi connectivity index (χ3n) is 4.44. The molecule has 0 aliphatic carbocycles. The lowest BCUT2D eigenvalue weighted by Crippen LogP contribution is -2.28. The highest BCUT2D eigenvalue weighted by Gasteiger charge is 2.30. The lowest BCUT2D eigenvalue weighted by Gasteiger charge is -2.12. The Kier molecular flexibility index (Phi) is 4.33. The van der Waals surface area contributed by atoms with Crippen molar-refractivity contribution in [3.05, 3.63) is 58.0 Å². The van der Waals surface area contributed by atoms with Gasteiger partial charge in [0.15, 0.2) is 5.82 Å². The number of hydrogen-bond donors (Lipinski definition) is 2. The molecule has 4 rings (SSSR count). The van der Waals surface area contributed by atoms with Crippen molar-refractivity contribution in [3.63, 3.8) is 0 Å². The highest BCUT2D eigenvalue weighted by Crippen LogP contribution is 2.31. The molecule has 1 aromatic carbocycles. The molecular formula is C18H20N4O3. The van der Waals surface area contributed by atoms with Gasteiger partial charge in [-0.25, -0.2) is 0 Å². The molecule has 0 bridgehead atoms. The highest BCUT2D eigenvalue weighted by atomic mass is 16.5. The number of H-pyrrole nitrogens is 1. The van der Waals surface area contributed by atoms with Gasteiger partial charge in [0.25, 0.3) is 11.4 Å². The van der Waals surface area contributed by atoms with Crippen LogP contribution in [0.2, 0.25) is 0 Å². The van der Waals surface area contributed by atoms with Gasteiger partial charge in [0, 0.05) is 24.2 Å². The van der Waals surface area contributed by atoms with Crippen LogP contribution in [0.25, 0.3) is 10.9 Å². The largest absolute Gasteiger partial charge is 0.364 e. The average Bonchev–Trinajstić information content (AvgIpc) is 3.24. The van der Waals surface area contributed by atoms with E-state index in [-0.39, 0.29) is 17.8 Å². The second-order valence-corrected chi connectivity index (χ2v) is 6.35. The minimum atomic E-state index is -0.128. The summed E-state index contributed by atoms with van der Waals surface area (Å²) >= 11 is 0. The molecule has 0 spiro atoms. The first-order valence-corrected chi connectivity index (χ1v) is 8.46. The van der Waals surface area contributed by atoms with Crippen molar-refractivity contribution in [2.45, 2.75) is 38.5 Å². The lowest BCUT2D eigenvalue weighted by molar-refractivity contribution is 0.0264. The average molecular weight is 340 g/mol. The van der Waals surface area contributed by atoms with Gasteiger partial charge in [0.1, 0.15) is 6.10 Å². The molecule has 3 heterocycles. The number of pyridine rings is 1. The van der Waals surface area contributed by atoms with Gasteiger partial charge in [-0.1, -0.05) is 23.4 Å². The maximum Gasteiger partial charge on any atom is 0.255 e. The summed E-state index contributed by atoms with van der Waals surface area (Å²) in [5, 5.41) is 8.15. The number of benzene rings is 1. The summed E-state index contributed by atoms with van der Waals surface area (Å²) in [4.78, 5) is 19.3. The number of aryl methyl sites for hydroxylation is 1. The van der Waals surface area contributed by atoms with E-state index in [2.05, 4.69) is 20.4 Å². The number of aromatic nitrogens is 3. The first-order chi connectivity index (χ1) is 12.2. The first-order valence-electron chi connectivity index (χ1n) is 8.46. The molecule has 0 radical (unpaired) electrons. The van der Waals surface area contributed by atoms with E-state index in [1.54, 1.807) is 6.92 Å². The number of rotatable bonds is 5. The van der Waals surface area contributed by atoms with E-state index in [1.165, 1.54) is 0 Å². The minimum Gasteiger partial charge on any atom is -0.364 e. The molecule has 1 aliphatic rings. The van der Waals surface area contributed by atoms with Gasteiger partial charge < -0.3 is 19.6 Å². The molecule has 2 atom stereocenters. The van der Waals surface area contributed by atoms with Gasteiger partial charge in [-0.05, 0) is 37.3 Å². The van der Waals surface area contributed by atoms with E-state index >= 15 is 0 Å². The minimum absolute atomic E-state index is 0.0576. The van der Waals surface area contributed by atoms with Crippen LogP contribution >= 0.6 is 0 Å². The smallest absolute Gasteiger partial charge is 0.255 e. The van der Waals surface area contributed by atoms with E-state index in [0.717, 1.165) is 29.3 Å². The van der Waals surface area contributed by atoms with Crippen LogP contribution in [0.3, 0.4) is 0 Å². The van der Waals surface area contributed by atoms with Gasteiger partial charge in [0.05, 0.1) is 6.10 Å². The van der Waals surface area contributed by atoms with Gasteiger partial charge in [-0.15, -0.1) is 0 Å². The number of para-hydroxylation sites is 1. The molecule has 1 saturated heterocycles. The predicted molar refractivity (Wildman–Crippen MR) is 92.2 cm³/mol.